The first kappa shape index (κ1) is 14.0. The molecule has 1 heterocycles. The summed E-state index contributed by atoms with van der Waals surface area (Å²) in [6.07, 6.45) is 0.871. The quantitative estimate of drug-likeness (QED) is 0.815. The normalized spacial score (nSPS) is 10.9. The minimum absolute atomic E-state index is 0.227. The minimum Gasteiger partial charge on any atom is -0.508 e. The molecule has 100 valence electrons. The number of anilines is 1. The molecule has 0 unspecified atom stereocenters. The zero-order valence-corrected chi connectivity index (χ0v) is 13.0. The molecular weight excluding hydrogens is 353 g/mol. The van der Waals surface area contributed by atoms with Crippen LogP contribution < -0.4 is 5.73 Å². The van der Waals surface area contributed by atoms with Crippen LogP contribution in [0.15, 0.2) is 24.3 Å². The zero-order valence-electron chi connectivity index (χ0n) is 10.9. The van der Waals surface area contributed by atoms with Crippen LogP contribution >= 0.6 is 22.6 Å². The molecule has 0 aliphatic heterocycles. The van der Waals surface area contributed by atoms with E-state index in [1.807, 2.05) is 0 Å². The topological polar surface area (TPSA) is 72.0 Å². The Hall–Kier alpha value is -1.37. The Morgan fingerprint density at radius 1 is 1.21 bits per heavy atom. The van der Waals surface area contributed by atoms with Crippen molar-refractivity contribution in [3.8, 4) is 17.1 Å². The fourth-order valence-electron chi connectivity index (χ4n) is 1.77. The molecule has 0 fully saturated rings. The number of phenols is 1. The summed E-state index contributed by atoms with van der Waals surface area (Å²) in [6, 6.07) is 6.82. The monoisotopic (exact) mass is 369 g/mol. The lowest BCUT2D eigenvalue weighted by molar-refractivity contribution is 0.475. The van der Waals surface area contributed by atoms with Crippen LogP contribution in [-0.4, -0.2) is 15.1 Å². The molecule has 0 radical (unpaired) electrons. The van der Waals surface area contributed by atoms with Crippen LogP contribution in [0.2, 0.25) is 0 Å². The average Bonchev–Trinajstić information content (AvgIpc) is 2.35. The summed E-state index contributed by atoms with van der Waals surface area (Å²) in [6.45, 7) is 4.29. The van der Waals surface area contributed by atoms with Gasteiger partial charge in [0.05, 0.1) is 9.26 Å². The third-order valence-electron chi connectivity index (χ3n) is 2.67. The Bertz CT molecular complexity index is 582. The van der Waals surface area contributed by atoms with Gasteiger partial charge in [0.2, 0.25) is 0 Å². The van der Waals surface area contributed by atoms with Gasteiger partial charge in [0.1, 0.15) is 11.6 Å². The van der Waals surface area contributed by atoms with Crippen molar-refractivity contribution in [3.05, 3.63) is 33.5 Å². The van der Waals surface area contributed by atoms with Crippen LogP contribution in [-0.2, 0) is 6.42 Å². The van der Waals surface area contributed by atoms with E-state index in [2.05, 4.69) is 46.4 Å². The van der Waals surface area contributed by atoms with E-state index < -0.39 is 0 Å². The minimum atomic E-state index is 0.227. The molecule has 2 aromatic rings. The summed E-state index contributed by atoms with van der Waals surface area (Å²) in [5.74, 6) is 1.85. The smallest absolute Gasteiger partial charge is 0.161 e. The molecule has 0 aliphatic rings. The van der Waals surface area contributed by atoms with Crippen LogP contribution in [0.25, 0.3) is 11.4 Å². The van der Waals surface area contributed by atoms with Gasteiger partial charge in [-0.05, 0) is 59.2 Å². The van der Waals surface area contributed by atoms with E-state index in [1.54, 1.807) is 24.3 Å². The van der Waals surface area contributed by atoms with Crippen LogP contribution in [0.5, 0.6) is 5.75 Å². The Morgan fingerprint density at radius 2 is 1.84 bits per heavy atom. The maximum atomic E-state index is 9.31. The Balaban J connectivity index is 2.46. The van der Waals surface area contributed by atoms with Crippen molar-refractivity contribution in [1.82, 2.24) is 9.97 Å². The lowest BCUT2D eigenvalue weighted by atomic mass is 10.1. The number of nitrogens with zero attached hydrogens (tertiary/aromatic N) is 2. The summed E-state index contributed by atoms with van der Waals surface area (Å²) in [5, 5.41) is 9.31. The van der Waals surface area contributed by atoms with E-state index in [0.717, 1.165) is 21.2 Å². The van der Waals surface area contributed by atoms with Gasteiger partial charge in [-0.1, -0.05) is 13.8 Å². The molecule has 0 atom stereocenters. The maximum Gasteiger partial charge on any atom is 0.161 e. The van der Waals surface area contributed by atoms with E-state index in [0.29, 0.717) is 17.6 Å². The molecule has 2 rings (SSSR count). The fraction of sp³-hybridized carbons (Fsp3) is 0.286. The van der Waals surface area contributed by atoms with Crippen molar-refractivity contribution < 1.29 is 5.11 Å². The number of aromatic nitrogens is 2. The molecule has 0 amide bonds. The Morgan fingerprint density at radius 3 is 2.42 bits per heavy atom. The largest absolute Gasteiger partial charge is 0.508 e. The zero-order chi connectivity index (χ0) is 14.0. The van der Waals surface area contributed by atoms with Gasteiger partial charge < -0.3 is 10.8 Å². The van der Waals surface area contributed by atoms with E-state index in [-0.39, 0.29) is 5.75 Å². The first-order valence-corrected chi connectivity index (χ1v) is 7.16. The number of hydrogen-bond donors (Lipinski definition) is 2. The lowest BCUT2D eigenvalue weighted by Gasteiger charge is -2.11. The van der Waals surface area contributed by atoms with Gasteiger partial charge in [0, 0.05) is 5.56 Å². The van der Waals surface area contributed by atoms with E-state index in [1.165, 1.54) is 0 Å². The maximum absolute atomic E-state index is 9.31. The van der Waals surface area contributed by atoms with Crippen LogP contribution in [0.1, 0.15) is 19.5 Å². The highest BCUT2D eigenvalue weighted by Gasteiger charge is 2.12. The molecule has 4 nitrogen and oxygen atoms in total. The third-order valence-corrected chi connectivity index (χ3v) is 3.85. The van der Waals surface area contributed by atoms with Crippen molar-refractivity contribution >= 4 is 28.4 Å². The SMILES string of the molecule is CC(C)Cc1nc(-c2ccc(O)cc2)nc(N)c1I. The molecule has 19 heavy (non-hydrogen) atoms. The van der Waals surface area contributed by atoms with Gasteiger partial charge >= 0.3 is 0 Å². The van der Waals surface area contributed by atoms with E-state index in [9.17, 15) is 5.11 Å². The average molecular weight is 369 g/mol. The summed E-state index contributed by atoms with van der Waals surface area (Å²) < 4.78 is 0.925. The predicted molar refractivity (Wildman–Crippen MR) is 84.8 cm³/mol. The highest BCUT2D eigenvalue weighted by atomic mass is 127. The second-order valence-corrected chi connectivity index (χ2v) is 5.92. The predicted octanol–water partition coefficient (Wildman–Crippen LogP) is 3.23. The number of rotatable bonds is 3. The third kappa shape index (κ3) is 3.34. The van der Waals surface area contributed by atoms with Crippen molar-refractivity contribution in [3.63, 3.8) is 0 Å². The summed E-state index contributed by atoms with van der Waals surface area (Å²) in [4.78, 5) is 8.91. The van der Waals surface area contributed by atoms with Gasteiger partial charge in [-0.2, -0.15) is 0 Å². The summed E-state index contributed by atoms with van der Waals surface area (Å²) >= 11 is 2.19. The Kier molecular flexibility index (Phi) is 4.24. The molecule has 5 heteroatoms. The summed E-state index contributed by atoms with van der Waals surface area (Å²) in [7, 11) is 0. The molecule has 3 N–H and O–H groups in total. The number of aromatic hydroxyl groups is 1. The second-order valence-electron chi connectivity index (χ2n) is 4.84. The lowest BCUT2D eigenvalue weighted by Crippen LogP contribution is -2.07. The number of nitrogen functional groups attached to an aromatic ring is 1. The molecule has 0 bridgehead atoms. The van der Waals surface area contributed by atoms with E-state index in [4.69, 9.17) is 5.73 Å². The summed E-state index contributed by atoms with van der Waals surface area (Å²) in [5.41, 5.74) is 7.79. The Labute approximate surface area is 126 Å². The molecule has 0 saturated carbocycles. The fourth-order valence-corrected chi connectivity index (χ4v) is 2.24. The van der Waals surface area contributed by atoms with Crippen LogP contribution in [0, 0.1) is 9.49 Å². The number of hydrogen-bond acceptors (Lipinski definition) is 4. The second kappa shape index (κ2) is 5.73. The van der Waals surface area contributed by atoms with Gasteiger partial charge in [-0.3, -0.25) is 0 Å². The first-order chi connectivity index (χ1) is 8.97. The number of phenolic OH excluding ortho intramolecular Hbond substituents is 1. The van der Waals surface area contributed by atoms with Crippen LogP contribution in [0.3, 0.4) is 0 Å². The van der Waals surface area contributed by atoms with Gasteiger partial charge in [0.15, 0.2) is 5.82 Å². The molecular formula is C14H16IN3O. The highest BCUT2D eigenvalue weighted by molar-refractivity contribution is 14.1. The molecule has 0 spiro atoms. The van der Waals surface area contributed by atoms with Gasteiger partial charge in [0.25, 0.3) is 0 Å². The number of halogens is 1. The standard InChI is InChI=1S/C14H16IN3O/c1-8(2)7-11-12(15)13(16)18-14(17-11)9-3-5-10(19)6-4-9/h3-6,8,19H,7H2,1-2H3,(H2,16,17,18). The van der Waals surface area contributed by atoms with Gasteiger partial charge in [-0.15, -0.1) is 0 Å². The highest BCUT2D eigenvalue weighted by Crippen LogP contribution is 2.24. The van der Waals surface area contributed by atoms with Gasteiger partial charge in [-0.25, -0.2) is 9.97 Å². The van der Waals surface area contributed by atoms with Crippen LogP contribution in [0.4, 0.5) is 5.82 Å². The number of nitrogens with two attached hydrogens (primary N) is 1. The van der Waals surface area contributed by atoms with E-state index >= 15 is 0 Å². The molecule has 0 aliphatic carbocycles. The number of benzene rings is 1. The van der Waals surface area contributed by atoms with Crippen molar-refractivity contribution in [2.24, 2.45) is 5.92 Å². The van der Waals surface area contributed by atoms with Crippen molar-refractivity contribution in [2.75, 3.05) is 5.73 Å². The molecule has 1 aromatic heterocycles. The molecule has 1 aromatic carbocycles. The van der Waals surface area contributed by atoms with Crippen molar-refractivity contribution in [1.29, 1.82) is 0 Å². The molecule has 0 saturated heterocycles. The first-order valence-electron chi connectivity index (χ1n) is 6.08. The van der Waals surface area contributed by atoms with Crippen molar-refractivity contribution in [2.45, 2.75) is 20.3 Å².